The lowest BCUT2D eigenvalue weighted by atomic mass is 10.0. The molecule has 1 aromatic carbocycles. The van der Waals surface area contributed by atoms with Crippen LogP contribution in [-0.2, 0) is 0 Å². The van der Waals surface area contributed by atoms with Gasteiger partial charge in [0.05, 0.1) is 17.2 Å². The van der Waals surface area contributed by atoms with Gasteiger partial charge in [-0.25, -0.2) is 4.98 Å². The second-order valence-electron chi connectivity index (χ2n) is 6.50. The molecule has 1 N–H and O–H groups in total. The van der Waals surface area contributed by atoms with E-state index in [-0.39, 0.29) is 11.6 Å². The van der Waals surface area contributed by atoms with Crippen molar-refractivity contribution in [2.75, 3.05) is 5.32 Å². The smallest absolute Gasteiger partial charge is 0.294 e. The number of benzene rings is 1. The summed E-state index contributed by atoms with van der Waals surface area (Å²) < 4.78 is 1.73. The van der Waals surface area contributed by atoms with Crippen molar-refractivity contribution in [1.29, 1.82) is 0 Å². The van der Waals surface area contributed by atoms with E-state index in [1.807, 2.05) is 32.0 Å². The highest BCUT2D eigenvalue weighted by Crippen LogP contribution is 2.21. The van der Waals surface area contributed by atoms with Crippen molar-refractivity contribution >= 4 is 22.5 Å². The molecule has 2 heterocycles. The number of hydrogen-bond donors (Lipinski definition) is 1. The summed E-state index contributed by atoms with van der Waals surface area (Å²) in [6.45, 7) is 8.26. The van der Waals surface area contributed by atoms with Crippen LogP contribution in [0.2, 0.25) is 0 Å². The molecule has 0 fully saturated rings. The summed E-state index contributed by atoms with van der Waals surface area (Å²) in [6.07, 6.45) is 3.38. The summed E-state index contributed by atoms with van der Waals surface area (Å²) in [5, 5.41) is 3.19. The van der Waals surface area contributed by atoms with E-state index < -0.39 is 0 Å². The van der Waals surface area contributed by atoms with Gasteiger partial charge >= 0.3 is 0 Å². The first-order chi connectivity index (χ1) is 11.5. The third kappa shape index (κ3) is 3.02. The Bertz CT molecular complexity index is 928. The maximum absolute atomic E-state index is 12.9. The van der Waals surface area contributed by atoms with Gasteiger partial charge in [-0.05, 0) is 43.5 Å². The van der Waals surface area contributed by atoms with E-state index in [1.54, 1.807) is 17.0 Å². The van der Waals surface area contributed by atoms with Crippen LogP contribution in [0.25, 0.3) is 11.0 Å². The molecule has 0 saturated carbocycles. The lowest BCUT2D eigenvalue weighted by Gasteiger charge is -2.16. The van der Waals surface area contributed by atoms with Gasteiger partial charge in [-0.3, -0.25) is 14.3 Å². The molecule has 0 aliphatic rings. The van der Waals surface area contributed by atoms with Crippen LogP contribution in [0.1, 0.15) is 45.2 Å². The number of aromatic nitrogens is 3. The molecule has 5 heteroatoms. The molecule has 3 rings (SSSR count). The number of rotatable bonds is 4. The second-order valence-corrected chi connectivity index (χ2v) is 6.50. The zero-order valence-electron chi connectivity index (χ0n) is 14.4. The molecule has 0 radical (unpaired) electrons. The third-order valence-electron chi connectivity index (χ3n) is 4.02. The fraction of sp³-hybridized carbons (Fsp3) is 0.316. The van der Waals surface area contributed by atoms with Crippen LogP contribution >= 0.6 is 0 Å². The largest absolute Gasteiger partial charge is 0.336 e. The molecule has 124 valence electrons. The fourth-order valence-corrected chi connectivity index (χ4v) is 2.76. The predicted octanol–water partition coefficient (Wildman–Crippen LogP) is 4.24. The second kappa shape index (κ2) is 6.43. The molecule has 0 atom stereocenters. The summed E-state index contributed by atoms with van der Waals surface area (Å²) in [5.74, 6) is 0.762. The average molecular weight is 322 g/mol. The van der Waals surface area contributed by atoms with Crippen molar-refractivity contribution in [3.8, 4) is 0 Å². The van der Waals surface area contributed by atoms with E-state index in [0.717, 1.165) is 16.7 Å². The van der Waals surface area contributed by atoms with Crippen LogP contribution in [0.5, 0.6) is 0 Å². The molecule has 2 aromatic heterocycles. The van der Waals surface area contributed by atoms with Crippen LogP contribution in [0.4, 0.5) is 11.5 Å². The Labute approximate surface area is 141 Å². The molecule has 0 saturated heterocycles. The minimum atomic E-state index is -0.138. The third-order valence-corrected chi connectivity index (χ3v) is 4.02. The quantitative estimate of drug-likeness (QED) is 0.780. The molecule has 5 nitrogen and oxygen atoms in total. The Morgan fingerprint density at radius 1 is 1.12 bits per heavy atom. The van der Waals surface area contributed by atoms with Crippen molar-refractivity contribution in [3.63, 3.8) is 0 Å². The van der Waals surface area contributed by atoms with Gasteiger partial charge in [-0.2, -0.15) is 0 Å². The first kappa shape index (κ1) is 16.2. The number of nitrogens with zero attached hydrogens (tertiary/aromatic N) is 3. The normalized spacial score (nSPS) is 11.4. The van der Waals surface area contributed by atoms with Crippen molar-refractivity contribution in [2.24, 2.45) is 0 Å². The minimum Gasteiger partial charge on any atom is -0.336 e. The highest BCUT2D eigenvalue weighted by Gasteiger charge is 2.13. The van der Waals surface area contributed by atoms with E-state index in [1.165, 1.54) is 5.56 Å². The van der Waals surface area contributed by atoms with Gasteiger partial charge in [0, 0.05) is 17.9 Å². The summed E-state index contributed by atoms with van der Waals surface area (Å²) in [5.41, 5.74) is 3.45. The average Bonchev–Trinajstić information content (AvgIpc) is 2.55. The standard InChI is InChI=1S/C19H22N4O/c1-12(2)14-6-5-7-15(10-14)21-18-19(24)23(13(3)4)17-11-20-9-8-16(17)22-18/h5-13H,1-4H3,(H,21,22). The minimum absolute atomic E-state index is 0.0229. The lowest BCUT2D eigenvalue weighted by molar-refractivity contribution is 0.598. The van der Waals surface area contributed by atoms with Gasteiger partial charge in [0.2, 0.25) is 0 Å². The van der Waals surface area contributed by atoms with Crippen LogP contribution in [0, 0.1) is 0 Å². The van der Waals surface area contributed by atoms with E-state index in [2.05, 4.69) is 41.3 Å². The summed E-state index contributed by atoms with van der Waals surface area (Å²) >= 11 is 0. The molecule has 3 aromatic rings. The number of hydrogen-bond acceptors (Lipinski definition) is 4. The number of pyridine rings is 1. The van der Waals surface area contributed by atoms with E-state index >= 15 is 0 Å². The molecule has 0 aliphatic heterocycles. The topological polar surface area (TPSA) is 59.8 Å². The first-order valence-corrected chi connectivity index (χ1v) is 8.20. The number of fused-ring (bicyclic) bond motifs is 1. The molecule has 0 bridgehead atoms. The monoisotopic (exact) mass is 322 g/mol. The molecule has 0 aliphatic carbocycles. The van der Waals surface area contributed by atoms with E-state index in [4.69, 9.17) is 0 Å². The summed E-state index contributed by atoms with van der Waals surface area (Å²) in [6, 6.07) is 9.93. The zero-order valence-corrected chi connectivity index (χ0v) is 14.4. The fourth-order valence-electron chi connectivity index (χ4n) is 2.76. The Balaban J connectivity index is 2.12. The SMILES string of the molecule is CC(C)c1cccc(Nc2nc3ccncc3n(C(C)C)c2=O)c1. The van der Waals surface area contributed by atoms with Gasteiger partial charge < -0.3 is 5.32 Å². The van der Waals surface area contributed by atoms with Crippen molar-refractivity contribution < 1.29 is 0 Å². The Morgan fingerprint density at radius 2 is 1.92 bits per heavy atom. The van der Waals surface area contributed by atoms with Crippen LogP contribution in [-0.4, -0.2) is 14.5 Å². The Hall–Kier alpha value is -2.69. The van der Waals surface area contributed by atoms with Crippen molar-refractivity contribution in [3.05, 3.63) is 58.6 Å². The van der Waals surface area contributed by atoms with Crippen molar-refractivity contribution in [2.45, 2.75) is 39.7 Å². The van der Waals surface area contributed by atoms with Crippen LogP contribution in [0.15, 0.2) is 47.5 Å². The lowest BCUT2D eigenvalue weighted by Crippen LogP contribution is -2.26. The molecule has 0 spiro atoms. The maximum atomic E-state index is 12.9. The number of anilines is 2. The molecular weight excluding hydrogens is 300 g/mol. The Kier molecular flexibility index (Phi) is 4.34. The molecule has 0 amide bonds. The van der Waals surface area contributed by atoms with Gasteiger partial charge in [0.15, 0.2) is 5.82 Å². The summed E-state index contributed by atoms with van der Waals surface area (Å²) in [7, 11) is 0. The van der Waals surface area contributed by atoms with Gasteiger partial charge in [-0.1, -0.05) is 26.0 Å². The van der Waals surface area contributed by atoms with Gasteiger partial charge in [0.1, 0.15) is 0 Å². The Morgan fingerprint density at radius 3 is 2.62 bits per heavy atom. The molecule has 24 heavy (non-hydrogen) atoms. The van der Waals surface area contributed by atoms with Crippen molar-refractivity contribution in [1.82, 2.24) is 14.5 Å². The van der Waals surface area contributed by atoms with Crippen LogP contribution < -0.4 is 10.9 Å². The predicted molar refractivity (Wildman–Crippen MR) is 98.0 cm³/mol. The molecular formula is C19H22N4O. The summed E-state index contributed by atoms with van der Waals surface area (Å²) in [4.78, 5) is 21.5. The zero-order chi connectivity index (χ0) is 17.3. The van der Waals surface area contributed by atoms with E-state index in [0.29, 0.717) is 11.7 Å². The first-order valence-electron chi connectivity index (χ1n) is 8.20. The molecule has 0 unspecified atom stereocenters. The van der Waals surface area contributed by atoms with Gasteiger partial charge in [0.25, 0.3) is 5.56 Å². The van der Waals surface area contributed by atoms with Gasteiger partial charge in [-0.15, -0.1) is 0 Å². The highest BCUT2D eigenvalue weighted by molar-refractivity contribution is 5.76. The number of nitrogens with one attached hydrogen (secondary N) is 1. The van der Waals surface area contributed by atoms with E-state index in [9.17, 15) is 4.79 Å². The van der Waals surface area contributed by atoms with Crippen LogP contribution in [0.3, 0.4) is 0 Å². The maximum Gasteiger partial charge on any atom is 0.294 e. The highest BCUT2D eigenvalue weighted by atomic mass is 16.1.